The summed E-state index contributed by atoms with van der Waals surface area (Å²) in [7, 11) is -2.03. The fourth-order valence-corrected chi connectivity index (χ4v) is 9.15. The highest BCUT2D eigenvalue weighted by Gasteiger charge is 2.38. The maximum Gasteiger partial charge on any atom is 0.416 e. The van der Waals surface area contributed by atoms with Gasteiger partial charge >= 0.3 is 24.7 Å². The van der Waals surface area contributed by atoms with Crippen LogP contribution in [0.5, 0.6) is 0 Å². The molecule has 7 rings (SSSR count). The Bertz CT molecular complexity index is 2380. The molecule has 0 fully saturated rings. The third-order valence-corrected chi connectivity index (χ3v) is 12.6. The number of benzene rings is 7. The van der Waals surface area contributed by atoms with E-state index in [1.807, 2.05) is 48.7 Å². The summed E-state index contributed by atoms with van der Waals surface area (Å²) in [5.41, 5.74) is -3.17. The minimum Gasteiger partial charge on any atom is -0.195 e. The molecule has 0 aliphatic heterocycles. The summed E-state index contributed by atoms with van der Waals surface area (Å²) >= 11 is 0. The Morgan fingerprint density at radius 3 is 1.03 bits per heavy atom. The van der Waals surface area contributed by atoms with Gasteiger partial charge in [-0.15, -0.1) is 0 Å². The van der Waals surface area contributed by atoms with Gasteiger partial charge in [-0.05, 0) is 29.0 Å². The van der Waals surface area contributed by atoms with Gasteiger partial charge in [0.15, 0.2) is 4.90 Å². The molecule has 0 N–H and O–H groups in total. The Balaban J connectivity index is 0.000000258. The molecule has 0 radical (unpaired) electrons. The van der Waals surface area contributed by atoms with Crippen LogP contribution in [0.4, 0.5) is 52.7 Å². The molecule has 7 aromatic carbocycles. The molecule has 0 aliphatic rings. The van der Waals surface area contributed by atoms with Crippen LogP contribution in [-0.2, 0) is 44.6 Å². The van der Waals surface area contributed by atoms with Crippen LogP contribution in [0, 0.1) is 0 Å². The Morgan fingerprint density at radius 2 is 0.705 bits per heavy atom. The van der Waals surface area contributed by atoms with Crippen LogP contribution >= 0.6 is 0 Å². The highest BCUT2D eigenvalue weighted by molar-refractivity contribution is 8.01. The van der Waals surface area contributed by atoms with E-state index in [9.17, 15) is 56.9 Å². The van der Waals surface area contributed by atoms with Crippen molar-refractivity contribution < 1.29 is 56.9 Å². The van der Waals surface area contributed by atoms with E-state index in [2.05, 4.69) is 30.3 Å². The van der Waals surface area contributed by atoms with E-state index < -0.39 is 63.0 Å². The van der Waals surface area contributed by atoms with Gasteiger partial charge in [0, 0.05) is 5.56 Å². The second-order valence-corrected chi connectivity index (χ2v) is 17.3. The van der Waals surface area contributed by atoms with Crippen LogP contribution in [0.15, 0.2) is 175 Å². The van der Waals surface area contributed by atoms with Crippen molar-refractivity contribution in [3.63, 3.8) is 0 Å². The molecule has 0 saturated carbocycles. The minimum atomic E-state index is -4.77. The summed E-state index contributed by atoms with van der Waals surface area (Å²) in [4.78, 5) is 0.924. The molecule has 0 spiro atoms. The van der Waals surface area contributed by atoms with Crippen LogP contribution in [0.3, 0.4) is 0 Å². The topological polar surface area (TPSA) is 17.1 Å². The van der Waals surface area contributed by atoms with E-state index in [0.29, 0.717) is 54.3 Å². The summed E-state index contributed by atoms with van der Waals surface area (Å²) in [6.07, 6.45) is -20.1. The van der Waals surface area contributed by atoms with Crippen molar-refractivity contribution in [1.82, 2.24) is 0 Å². The van der Waals surface area contributed by atoms with E-state index in [1.165, 1.54) is 10.8 Å². The Kier molecular flexibility index (Phi) is 12.4. The predicted octanol–water partition coefficient (Wildman–Crippen LogP) is 11.7. The van der Waals surface area contributed by atoms with Gasteiger partial charge in [0.2, 0.25) is 0 Å². The van der Waals surface area contributed by atoms with Crippen molar-refractivity contribution in [2.45, 2.75) is 35.4 Å². The van der Waals surface area contributed by atoms with E-state index >= 15 is 0 Å². The molecule has 0 aromatic heterocycles. The summed E-state index contributed by atoms with van der Waals surface area (Å²) in [6, 6.07) is 37.9. The number of alkyl halides is 12. The van der Waals surface area contributed by atoms with E-state index in [4.69, 9.17) is 0 Å². The summed E-state index contributed by atoms with van der Waals surface area (Å²) < 4.78 is 173. The molecule has 0 bridgehead atoms. The number of fused-ring (bicyclic) bond motifs is 1. The highest BCUT2D eigenvalue weighted by Crippen LogP contribution is 2.33. The van der Waals surface area contributed by atoms with Gasteiger partial charge in [0.05, 0.1) is 22.3 Å². The second-order valence-electron chi connectivity index (χ2n) is 14.5. The predicted molar refractivity (Wildman–Crippen MR) is 216 cm³/mol. The molecule has 316 valence electrons. The number of halogens is 12. The van der Waals surface area contributed by atoms with Crippen LogP contribution in [0.1, 0.15) is 27.8 Å². The lowest BCUT2D eigenvalue weighted by Gasteiger charge is -2.44. The molecule has 7 aromatic rings. The van der Waals surface area contributed by atoms with Crippen molar-refractivity contribution in [3.8, 4) is 0 Å². The Hall–Kier alpha value is -5.83. The van der Waals surface area contributed by atoms with Gasteiger partial charge in [-0.2, -0.15) is 74.5 Å². The first-order valence-corrected chi connectivity index (χ1v) is 20.5. The first kappa shape index (κ1) is 44.7. The van der Waals surface area contributed by atoms with Crippen molar-refractivity contribution >= 4 is 48.7 Å². The minimum absolute atomic E-state index is 0.0114. The van der Waals surface area contributed by atoms with Gasteiger partial charge < -0.3 is 0 Å². The summed E-state index contributed by atoms with van der Waals surface area (Å²) in [5.74, 6) is 0.585. The average Bonchev–Trinajstić information content (AvgIpc) is 3.21. The van der Waals surface area contributed by atoms with Crippen LogP contribution < -0.4 is 21.9 Å². The van der Waals surface area contributed by atoms with Gasteiger partial charge in [-0.1, -0.05) is 156 Å². The zero-order valence-corrected chi connectivity index (χ0v) is 32.6. The molecular weight excluding hydrogens is 839 g/mol. The number of hydrogen-bond donors (Lipinski definition) is 0. The molecule has 0 aliphatic carbocycles. The summed E-state index contributed by atoms with van der Waals surface area (Å²) in [6.45, 7) is 0. The lowest BCUT2D eigenvalue weighted by molar-refractivity contribution is -0.138. The fraction of sp³-hybridized carbons (Fsp3) is 0.130. The molecular formula is C46H33BF12OS. The third kappa shape index (κ3) is 10.0. The van der Waals surface area contributed by atoms with Gasteiger partial charge in [-0.25, -0.2) is 0 Å². The number of hydrogen-bond acceptors (Lipinski definition) is 1. The van der Waals surface area contributed by atoms with Gasteiger partial charge in [0.25, 0.3) is 0 Å². The number of rotatable bonds is 7. The third-order valence-electron chi connectivity index (χ3n) is 10.4. The quantitative estimate of drug-likeness (QED) is 0.0886. The Morgan fingerprint density at radius 1 is 0.393 bits per heavy atom. The lowest BCUT2D eigenvalue weighted by atomic mass is 9.13. The first-order valence-electron chi connectivity index (χ1n) is 18.4. The van der Waals surface area contributed by atoms with Crippen LogP contribution in [-0.4, -0.2) is 12.4 Å². The standard InChI is InChI=1S/C28H16BF12.C18H17OS/c30-25(31,32)17-1-9-21(10-2-17)29(22-11-3-18(4-12-22)26(33,34)35,23-13-5-19(6-14-23)27(36,37)38)24-15-7-20(8-16-24)28(39,40)41;1-20(19,18-9-3-2-4-10-18)14-15-11-12-16-7-5-6-8-17(16)13-15/h1-16H;2-13H,14H2,1H3/q-1;+1. The fourth-order valence-electron chi connectivity index (χ4n) is 7.44. The maximum atomic E-state index is 13.3. The van der Waals surface area contributed by atoms with E-state index in [0.717, 1.165) is 59.0 Å². The smallest absolute Gasteiger partial charge is 0.195 e. The van der Waals surface area contributed by atoms with Crippen molar-refractivity contribution in [3.05, 3.63) is 198 Å². The van der Waals surface area contributed by atoms with Gasteiger partial charge in [-0.3, -0.25) is 0 Å². The molecule has 1 nitrogen and oxygen atoms in total. The van der Waals surface area contributed by atoms with Crippen molar-refractivity contribution in [2.24, 2.45) is 0 Å². The average molecular weight is 873 g/mol. The molecule has 0 saturated heterocycles. The molecule has 61 heavy (non-hydrogen) atoms. The van der Waals surface area contributed by atoms with E-state index in [-0.39, 0.29) is 21.9 Å². The Labute approximate surface area is 344 Å². The van der Waals surface area contributed by atoms with Crippen molar-refractivity contribution in [1.29, 1.82) is 0 Å². The molecule has 15 heteroatoms. The maximum absolute atomic E-state index is 13.3. The monoisotopic (exact) mass is 872 g/mol. The largest absolute Gasteiger partial charge is 0.416 e. The van der Waals surface area contributed by atoms with E-state index in [1.54, 1.807) is 0 Å². The first-order chi connectivity index (χ1) is 28.5. The zero-order chi connectivity index (χ0) is 44.4. The highest BCUT2D eigenvalue weighted by atomic mass is 32.2. The SMILES string of the molecule is C[S+](=O)(Cc1ccc2ccccc2c1)c1ccccc1.FC(F)(F)c1ccc([B-](c2ccc(C(F)(F)F)cc2)(c2ccc(C(F)(F)F)cc2)c2ccc(C(F)(F)F)cc2)cc1. The van der Waals surface area contributed by atoms with Crippen molar-refractivity contribution in [2.75, 3.05) is 6.26 Å². The second kappa shape index (κ2) is 16.9. The molecule has 0 amide bonds. The zero-order valence-electron chi connectivity index (χ0n) is 31.8. The normalized spacial score (nSPS) is 13.6. The van der Waals surface area contributed by atoms with Gasteiger partial charge in [0.1, 0.15) is 28.1 Å². The van der Waals surface area contributed by atoms with Crippen LogP contribution in [0.2, 0.25) is 0 Å². The lowest BCUT2D eigenvalue weighted by Crippen LogP contribution is -2.74. The van der Waals surface area contributed by atoms with Crippen LogP contribution in [0.25, 0.3) is 10.8 Å². The summed E-state index contributed by atoms with van der Waals surface area (Å²) in [5, 5.41) is 2.42. The molecule has 0 heterocycles. The molecule has 1 unspecified atom stereocenters. The molecule has 1 atom stereocenters.